The van der Waals surface area contributed by atoms with Crippen LogP contribution in [0.2, 0.25) is 0 Å². The molecule has 3 saturated heterocycles. The summed E-state index contributed by atoms with van der Waals surface area (Å²) in [5.74, 6) is 0.386. The summed E-state index contributed by atoms with van der Waals surface area (Å²) in [5, 5.41) is 0. The number of hydrogen-bond donors (Lipinski definition) is 0. The molecule has 0 amide bonds. The smallest absolute Gasteiger partial charge is 0.133 e. The fraction of sp³-hybridized carbons (Fsp3) is 0.634. The Morgan fingerprint density at radius 2 is 0.816 bits per heavy atom. The zero-order valence-electron chi connectivity index (χ0n) is 29.6. The molecule has 3 aliphatic rings. The Morgan fingerprint density at radius 1 is 0.510 bits per heavy atom. The zero-order valence-corrected chi connectivity index (χ0v) is 29.6. The standard InChI is InChI=1S/C41H56O8/c1-28(42)33-18-36(14-16-45-26-31-10-6-4-7-11-31)47-38(20-33)24-40-22-35(30(3)44)23-41(49-40)25-39-21-34(29(2)43)19-37(48-39)15-17-46-27-32-12-8-5-9-13-32/h4-13,33-41H,14-27H2,1-3H3/t33-,34-,35?,36+,37+,38+,39+,40-,41+/m0/s1. The number of ether oxygens (including phenoxy) is 5. The van der Waals surface area contributed by atoms with E-state index < -0.39 is 0 Å². The number of Topliss-reactive ketones (excluding diaryl/α,β-unsaturated/α-hetero) is 3. The molecule has 49 heavy (non-hydrogen) atoms. The van der Waals surface area contributed by atoms with Crippen molar-refractivity contribution >= 4 is 17.3 Å². The Morgan fingerprint density at radius 3 is 1.14 bits per heavy atom. The highest BCUT2D eigenvalue weighted by molar-refractivity contribution is 5.79. The predicted molar refractivity (Wildman–Crippen MR) is 187 cm³/mol. The van der Waals surface area contributed by atoms with Crippen molar-refractivity contribution in [3.05, 3.63) is 71.8 Å². The van der Waals surface area contributed by atoms with Gasteiger partial charge in [0.2, 0.25) is 0 Å². The molecule has 0 N–H and O–H groups in total. The van der Waals surface area contributed by atoms with Crippen molar-refractivity contribution in [2.45, 2.75) is 135 Å². The average Bonchev–Trinajstić information content (AvgIpc) is 3.09. The summed E-state index contributed by atoms with van der Waals surface area (Å²) in [4.78, 5) is 37.8. The number of benzene rings is 2. The second-order valence-electron chi connectivity index (χ2n) is 14.6. The minimum Gasteiger partial charge on any atom is -0.377 e. The molecule has 9 atom stereocenters. The van der Waals surface area contributed by atoms with E-state index in [0.717, 1.165) is 24.0 Å². The molecule has 2 aromatic carbocycles. The predicted octanol–water partition coefficient (Wildman–Crippen LogP) is 7.24. The van der Waals surface area contributed by atoms with Crippen molar-refractivity contribution in [2.24, 2.45) is 17.8 Å². The van der Waals surface area contributed by atoms with Crippen LogP contribution in [-0.4, -0.2) is 67.2 Å². The summed E-state index contributed by atoms with van der Waals surface area (Å²) in [5.41, 5.74) is 2.27. The molecule has 0 bridgehead atoms. The van der Waals surface area contributed by atoms with Crippen LogP contribution in [0.3, 0.4) is 0 Å². The molecule has 8 nitrogen and oxygen atoms in total. The Balaban J connectivity index is 1.14. The fourth-order valence-electron chi connectivity index (χ4n) is 7.86. The number of ketones is 3. The minimum atomic E-state index is -0.146. The lowest BCUT2D eigenvalue weighted by atomic mass is 9.81. The van der Waals surface area contributed by atoms with Gasteiger partial charge in [-0.3, -0.25) is 14.4 Å². The molecule has 5 rings (SSSR count). The number of hydrogen-bond acceptors (Lipinski definition) is 8. The Hall–Kier alpha value is -2.75. The maximum absolute atomic E-state index is 12.7. The van der Waals surface area contributed by atoms with Crippen molar-refractivity contribution in [3.8, 4) is 0 Å². The first-order valence-corrected chi connectivity index (χ1v) is 18.4. The van der Waals surface area contributed by atoms with Gasteiger partial charge < -0.3 is 23.7 Å². The topological polar surface area (TPSA) is 97.4 Å². The number of rotatable bonds is 17. The molecule has 0 radical (unpaired) electrons. The lowest BCUT2D eigenvalue weighted by Crippen LogP contribution is -2.44. The summed E-state index contributed by atoms with van der Waals surface area (Å²) in [6.07, 6.45) is 6.18. The van der Waals surface area contributed by atoms with Crippen LogP contribution in [0.1, 0.15) is 96.1 Å². The van der Waals surface area contributed by atoms with Crippen molar-refractivity contribution < 1.29 is 38.1 Å². The molecule has 3 aliphatic heterocycles. The minimum absolute atomic E-state index is 0.0476. The molecule has 2 aromatic rings. The maximum Gasteiger partial charge on any atom is 0.133 e. The van der Waals surface area contributed by atoms with E-state index in [2.05, 4.69) is 0 Å². The third kappa shape index (κ3) is 12.2. The molecule has 3 fully saturated rings. The molecule has 0 spiro atoms. The van der Waals surface area contributed by atoms with Crippen molar-refractivity contribution in [1.82, 2.24) is 0 Å². The summed E-state index contributed by atoms with van der Waals surface area (Å²) in [6.45, 7) is 7.26. The van der Waals surface area contributed by atoms with E-state index in [-0.39, 0.29) is 71.7 Å². The van der Waals surface area contributed by atoms with Gasteiger partial charge in [-0.15, -0.1) is 0 Å². The van der Waals surface area contributed by atoms with Crippen LogP contribution >= 0.6 is 0 Å². The van der Waals surface area contributed by atoms with E-state index in [9.17, 15) is 14.4 Å². The molecule has 0 aliphatic carbocycles. The van der Waals surface area contributed by atoms with E-state index in [1.54, 1.807) is 20.8 Å². The van der Waals surface area contributed by atoms with E-state index in [1.165, 1.54) is 0 Å². The maximum atomic E-state index is 12.7. The highest BCUT2D eigenvalue weighted by Gasteiger charge is 2.40. The van der Waals surface area contributed by atoms with Crippen LogP contribution in [0, 0.1) is 17.8 Å². The largest absolute Gasteiger partial charge is 0.377 e. The van der Waals surface area contributed by atoms with Crippen LogP contribution in [0.15, 0.2) is 60.7 Å². The first kappa shape index (κ1) is 37.5. The van der Waals surface area contributed by atoms with Crippen LogP contribution in [0.5, 0.6) is 0 Å². The Bertz CT molecular complexity index is 1220. The van der Waals surface area contributed by atoms with Crippen molar-refractivity contribution in [2.75, 3.05) is 13.2 Å². The van der Waals surface area contributed by atoms with Gasteiger partial charge in [-0.2, -0.15) is 0 Å². The SMILES string of the molecule is CC(=O)C1C[C@H](C[C@H]2C[C@@H](C(C)=O)C[C@@H](CCOCc3ccccc3)O2)O[C@H](C[C@H]2C[C@@H](C(C)=O)C[C@@H](CCOCc3ccccc3)O2)C1. The molecule has 268 valence electrons. The molecule has 0 aromatic heterocycles. The van der Waals surface area contributed by atoms with Crippen LogP contribution in [-0.2, 0) is 51.3 Å². The van der Waals surface area contributed by atoms with Crippen molar-refractivity contribution in [3.63, 3.8) is 0 Å². The molecule has 8 heteroatoms. The molecule has 3 heterocycles. The van der Waals surface area contributed by atoms with Gasteiger partial charge in [0.05, 0.1) is 49.8 Å². The third-order valence-electron chi connectivity index (χ3n) is 10.6. The molecule has 1 unspecified atom stereocenters. The highest BCUT2D eigenvalue weighted by Crippen LogP contribution is 2.37. The van der Waals surface area contributed by atoms with Crippen LogP contribution in [0.4, 0.5) is 0 Å². The average molecular weight is 677 g/mol. The van der Waals surface area contributed by atoms with Crippen molar-refractivity contribution in [1.29, 1.82) is 0 Å². The summed E-state index contributed by atoms with van der Waals surface area (Å²) in [6, 6.07) is 20.2. The quantitative estimate of drug-likeness (QED) is 0.162. The normalized spacial score (nSPS) is 30.5. The lowest BCUT2D eigenvalue weighted by Gasteiger charge is -2.41. The van der Waals surface area contributed by atoms with Crippen LogP contribution in [0.25, 0.3) is 0 Å². The summed E-state index contributed by atoms with van der Waals surface area (Å²) in [7, 11) is 0. The number of carbonyl (C=O) groups excluding carboxylic acids is 3. The van der Waals surface area contributed by atoms with E-state index in [1.807, 2.05) is 60.7 Å². The van der Waals surface area contributed by atoms with Gasteiger partial charge in [-0.25, -0.2) is 0 Å². The van der Waals surface area contributed by atoms with E-state index in [0.29, 0.717) is 77.8 Å². The van der Waals surface area contributed by atoms with Gasteiger partial charge in [0.25, 0.3) is 0 Å². The van der Waals surface area contributed by atoms with Crippen LogP contribution < -0.4 is 0 Å². The van der Waals surface area contributed by atoms with Gasteiger partial charge in [-0.1, -0.05) is 60.7 Å². The summed E-state index contributed by atoms with van der Waals surface area (Å²) < 4.78 is 31.7. The second-order valence-corrected chi connectivity index (χ2v) is 14.6. The second kappa shape index (κ2) is 19.0. The Labute approximate surface area is 292 Å². The molecule has 0 saturated carbocycles. The molecular formula is C41H56O8. The Kier molecular flexibility index (Phi) is 14.6. The highest BCUT2D eigenvalue weighted by atomic mass is 16.5. The van der Waals surface area contributed by atoms with E-state index in [4.69, 9.17) is 23.7 Å². The van der Waals surface area contributed by atoms with Gasteiger partial charge in [0, 0.05) is 31.0 Å². The number of carbonyl (C=O) groups is 3. The fourth-order valence-corrected chi connectivity index (χ4v) is 7.86. The van der Waals surface area contributed by atoms with Gasteiger partial charge >= 0.3 is 0 Å². The first-order chi connectivity index (χ1) is 23.7. The monoisotopic (exact) mass is 676 g/mol. The third-order valence-corrected chi connectivity index (χ3v) is 10.6. The van der Waals surface area contributed by atoms with E-state index >= 15 is 0 Å². The van der Waals surface area contributed by atoms with Gasteiger partial charge in [-0.05, 0) is 96.1 Å². The van der Waals surface area contributed by atoms with Gasteiger partial charge in [0.15, 0.2) is 0 Å². The summed E-state index contributed by atoms with van der Waals surface area (Å²) >= 11 is 0. The lowest BCUT2D eigenvalue weighted by molar-refractivity contribution is -0.159. The zero-order chi connectivity index (χ0) is 34.6. The first-order valence-electron chi connectivity index (χ1n) is 18.4. The van der Waals surface area contributed by atoms with Gasteiger partial charge in [0.1, 0.15) is 17.3 Å². The molecular weight excluding hydrogens is 620 g/mol.